The van der Waals surface area contributed by atoms with Crippen molar-refractivity contribution in [2.75, 3.05) is 20.8 Å². The van der Waals surface area contributed by atoms with Crippen LogP contribution in [0.2, 0.25) is 0 Å². The van der Waals surface area contributed by atoms with E-state index in [9.17, 15) is 0 Å². The maximum Gasteiger partial charge on any atom is 0.160 e. The van der Waals surface area contributed by atoms with E-state index in [1.807, 2.05) is 18.2 Å². The molecule has 0 heterocycles. The van der Waals surface area contributed by atoms with Gasteiger partial charge in [0.1, 0.15) is 0 Å². The van der Waals surface area contributed by atoms with Crippen LogP contribution in [0, 0.1) is 5.92 Å². The average molecular weight is 276 g/mol. The highest BCUT2D eigenvalue weighted by Crippen LogP contribution is 2.28. The third-order valence-corrected chi connectivity index (χ3v) is 3.92. The Balaban J connectivity index is 1.91. The molecule has 110 valence electrons. The summed E-state index contributed by atoms with van der Waals surface area (Å²) in [5.74, 6) is 2.87. The Morgan fingerprint density at radius 1 is 1.20 bits per heavy atom. The van der Waals surface area contributed by atoms with E-state index in [0.29, 0.717) is 5.92 Å². The lowest BCUT2D eigenvalue weighted by atomic mass is 10.1. The molecule has 0 saturated heterocycles. The molecule has 1 saturated carbocycles. The fraction of sp³-hybridized carbons (Fsp3) is 0.562. The van der Waals surface area contributed by atoms with Crippen molar-refractivity contribution in [3.63, 3.8) is 0 Å². The normalized spacial score (nSPS) is 16.4. The molecule has 4 heteroatoms. The molecule has 4 nitrogen and oxygen atoms in total. The predicted octanol–water partition coefficient (Wildman–Crippen LogP) is 2.79. The summed E-state index contributed by atoms with van der Waals surface area (Å²) in [6.07, 6.45) is 5.85. The number of aliphatic imine (C=N–C) groups is 1. The van der Waals surface area contributed by atoms with Gasteiger partial charge >= 0.3 is 0 Å². The number of benzene rings is 1. The number of ether oxygens (including phenoxy) is 2. The van der Waals surface area contributed by atoms with Crippen molar-refractivity contribution >= 4 is 5.84 Å². The van der Waals surface area contributed by atoms with E-state index in [4.69, 9.17) is 15.2 Å². The van der Waals surface area contributed by atoms with Crippen molar-refractivity contribution in [3.05, 3.63) is 23.8 Å². The van der Waals surface area contributed by atoms with Crippen molar-refractivity contribution in [1.29, 1.82) is 0 Å². The van der Waals surface area contributed by atoms with Crippen LogP contribution in [0.25, 0.3) is 0 Å². The van der Waals surface area contributed by atoms with Gasteiger partial charge in [-0.3, -0.25) is 4.99 Å². The van der Waals surface area contributed by atoms with E-state index in [1.165, 1.54) is 31.2 Å². The highest BCUT2D eigenvalue weighted by Gasteiger charge is 2.18. The highest BCUT2D eigenvalue weighted by atomic mass is 16.5. The fourth-order valence-corrected chi connectivity index (χ4v) is 2.70. The lowest BCUT2D eigenvalue weighted by molar-refractivity contribution is 0.354. The van der Waals surface area contributed by atoms with Crippen molar-refractivity contribution in [3.8, 4) is 11.5 Å². The van der Waals surface area contributed by atoms with Gasteiger partial charge in [0, 0.05) is 12.5 Å². The third-order valence-electron chi connectivity index (χ3n) is 3.92. The fourth-order valence-electron chi connectivity index (χ4n) is 2.70. The number of hydrogen-bond acceptors (Lipinski definition) is 3. The number of rotatable bonds is 6. The number of amidine groups is 1. The van der Waals surface area contributed by atoms with Crippen LogP contribution >= 0.6 is 0 Å². The zero-order valence-corrected chi connectivity index (χ0v) is 12.4. The van der Waals surface area contributed by atoms with Crippen LogP contribution in [0.3, 0.4) is 0 Å². The third kappa shape index (κ3) is 3.65. The molecule has 1 fully saturated rings. The molecule has 0 amide bonds. The molecule has 1 aliphatic rings. The van der Waals surface area contributed by atoms with Crippen LogP contribution in [-0.2, 0) is 6.42 Å². The first-order valence-electron chi connectivity index (χ1n) is 7.25. The molecule has 1 aliphatic carbocycles. The number of methoxy groups -OCH3 is 2. The van der Waals surface area contributed by atoms with Gasteiger partial charge in [-0.25, -0.2) is 0 Å². The molecular formula is C16H24N2O2. The number of nitrogens with two attached hydrogens (primary N) is 1. The standard InChI is InChI=1S/C16H24N2O2/c1-19-14-8-7-12(11-15(14)20-2)9-10-18-16(17)13-5-3-4-6-13/h7-8,11,13H,3-6,9-10H2,1-2H3,(H2,17,18). The first-order chi connectivity index (χ1) is 9.74. The maximum absolute atomic E-state index is 6.05. The molecule has 0 spiro atoms. The Morgan fingerprint density at radius 3 is 2.55 bits per heavy atom. The molecule has 0 radical (unpaired) electrons. The van der Waals surface area contributed by atoms with Crippen LogP contribution < -0.4 is 15.2 Å². The van der Waals surface area contributed by atoms with E-state index in [-0.39, 0.29) is 0 Å². The smallest absolute Gasteiger partial charge is 0.160 e. The van der Waals surface area contributed by atoms with Gasteiger partial charge in [-0.2, -0.15) is 0 Å². The topological polar surface area (TPSA) is 56.8 Å². The van der Waals surface area contributed by atoms with Crippen molar-refractivity contribution in [1.82, 2.24) is 0 Å². The monoisotopic (exact) mass is 276 g/mol. The summed E-state index contributed by atoms with van der Waals surface area (Å²) in [6.45, 7) is 0.734. The van der Waals surface area contributed by atoms with Crippen LogP contribution in [0.4, 0.5) is 0 Å². The van der Waals surface area contributed by atoms with Crippen LogP contribution in [0.1, 0.15) is 31.2 Å². The van der Waals surface area contributed by atoms with Gasteiger partial charge < -0.3 is 15.2 Å². The largest absolute Gasteiger partial charge is 0.493 e. The first-order valence-corrected chi connectivity index (χ1v) is 7.25. The van der Waals surface area contributed by atoms with E-state index in [1.54, 1.807) is 14.2 Å². The summed E-state index contributed by atoms with van der Waals surface area (Å²) in [4.78, 5) is 4.52. The molecule has 0 aliphatic heterocycles. The summed E-state index contributed by atoms with van der Waals surface area (Å²) >= 11 is 0. The Hall–Kier alpha value is -1.71. The lowest BCUT2D eigenvalue weighted by Crippen LogP contribution is -2.21. The van der Waals surface area contributed by atoms with Gasteiger partial charge in [-0.15, -0.1) is 0 Å². The predicted molar refractivity (Wildman–Crippen MR) is 81.7 cm³/mol. The molecule has 1 aromatic rings. The maximum atomic E-state index is 6.05. The minimum Gasteiger partial charge on any atom is -0.493 e. The van der Waals surface area contributed by atoms with Gasteiger partial charge in [-0.05, 0) is 37.0 Å². The molecule has 0 atom stereocenters. The summed E-state index contributed by atoms with van der Waals surface area (Å²) < 4.78 is 10.5. The van der Waals surface area contributed by atoms with Gasteiger partial charge in [0.05, 0.1) is 20.1 Å². The molecule has 2 N–H and O–H groups in total. The summed E-state index contributed by atoms with van der Waals surface area (Å²) in [5, 5.41) is 0. The lowest BCUT2D eigenvalue weighted by Gasteiger charge is -2.10. The second kappa shape index (κ2) is 7.17. The highest BCUT2D eigenvalue weighted by molar-refractivity contribution is 5.83. The van der Waals surface area contributed by atoms with Crippen molar-refractivity contribution < 1.29 is 9.47 Å². The minimum atomic E-state index is 0.514. The molecule has 0 bridgehead atoms. The Labute approximate surface area is 121 Å². The minimum absolute atomic E-state index is 0.514. The SMILES string of the molecule is COc1ccc(CCN=C(N)C2CCCC2)cc1OC. The van der Waals surface area contributed by atoms with Gasteiger partial charge in [0.2, 0.25) is 0 Å². The van der Waals surface area contributed by atoms with E-state index in [0.717, 1.165) is 30.3 Å². The zero-order chi connectivity index (χ0) is 14.4. The van der Waals surface area contributed by atoms with Crippen LogP contribution in [0.5, 0.6) is 11.5 Å². The summed E-state index contributed by atoms with van der Waals surface area (Å²) in [7, 11) is 3.29. The summed E-state index contributed by atoms with van der Waals surface area (Å²) in [5.41, 5.74) is 7.24. The van der Waals surface area contributed by atoms with E-state index >= 15 is 0 Å². The molecule has 2 rings (SSSR count). The first kappa shape index (κ1) is 14.7. The Kier molecular flexibility index (Phi) is 5.27. The van der Waals surface area contributed by atoms with E-state index < -0.39 is 0 Å². The Morgan fingerprint density at radius 2 is 1.90 bits per heavy atom. The second-order valence-corrected chi connectivity index (χ2v) is 5.23. The molecule has 20 heavy (non-hydrogen) atoms. The molecule has 1 aromatic carbocycles. The van der Waals surface area contributed by atoms with Crippen LogP contribution in [0.15, 0.2) is 23.2 Å². The van der Waals surface area contributed by atoms with Gasteiger partial charge in [0.25, 0.3) is 0 Å². The average Bonchev–Trinajstić information content (AvgIpc) is 3.01. The van der Waals surface area contributed by atoms with Gasteiger partial charge in [0.15, 0.2) is 11.5 Å². The molecular weight excluding hydrogens is 252 g/mol. The van der Waals surface area contributed by atoms with Crippen LogP contribution in [-0.4, -0.2) is 26.6 Å². The number of hydrogen-bond donors (Lipinski definition) is 1. The second-order valence-electron chi connectivity index (χ2n) is 5.23. The molecule has 0 aromatic heterocycles. The van der Waals surface area contributed by atoms with Gasteiger partial charge in [-0.1, -0.05) is 18.9 Å². The van der Waals surface area contributed by atoms with Crippen molar-refractivity contribution in [2.45, 2.75) is 32.1 Å². The number of nitrogens with zero attached hydrogens (tertiary/aromatic N) is 1. The summed E-state index contributed by atoms with van der Waals surface area (Å²) in [6, 6.07) is 5.97. The molecule has 0 unspecified atom stereocenters. The quantitative estimate of drug-likeness (QED) is 0.642. The zero-order valence-electron chi connectivity index (χ0n) is 12.4. The van der Waals surface area contributed by atoms with E-state index in [2.05, 4.69) is 4.99 Å². The Bertz CT molecular complexity index is 466. The van der Waals surface area contributed by atoms with Crippen molar-refractivity contribution in [2.24, 2.45) is 16.6 Å².